The van der Waals surface area contributed by atoms with Gasteiger partial charge in [0.05, 0.1) is 26.9 Å². The third-order valence-electron chi connectivity index (χ3n) is 2.17. The Hall–Kier alpha value is -1.42. The van der Waals surface area contributed by atoms with E-state index in [1.807, 2.05) is 19.2 Å². The van der Waals surface area contributed by atoms with Crippen molar-refractivity contribution in [1.82, 2.24) is 5.32 Å². The lowest BCUT2D eigenvalue weighted by Crippen LogP contribution is -2.08. The van der Waals surface area contributed by atoms with Crippen LogP contribution in [0.4, 0.5) is 0 Å². The van der Waals surface area contributed by atoms with Crippen molar-refractivity contribution in [3.8, 4) is 17.2 Å². The Labute approximate surface area is 90.1 Å². The summed E-state index contributed by atoms with van der Waals surface area (Å²) in [5, 5.41) is 3.07. The van der Waals surface area contributed by atoms with Gasteiger partial charge in [-0.15, -0.1) is 0 Å². The van der Waals surface area contributed by atoms with Crippen molar-refractivity contribution in [1.29, 1.82) is 0 Å². The van der Waals surface area contributed by atoms with Crippen LogP contribution >= 0.6 is 0 Å². The molecule has 15 heavy (non-hydrogen) atoms. The van der Waals surface area contributed by atoms with Gasteiger partial charge < -0.3 is 19.5 Å². The minimum Gasteiger partial charge on any atom is -0.496 e. The molecule has 0 unspecified atom stereocenters. The molecule has 0 radical (unpaired) electrons. The Morgan fingerprint density at radius 1 is 1.00 bits per heavy atom. The monoisotopic (exact) mass is 211 g/mol. The van der Waals surface area contributed by atoms with Crippen LogP contribution in [-0.2, 0) is 6.54 Å². The van der Waals surface area contributed by atoms with Crippen LogP contribution in [0.3, 0.4) is 0 Å². The van der Waals surface area contributed by atoms with Crippen LogP contribution in [0.2, 0.25) is 0 Å². The van der Waals surface area contributed by atoms with Gasteiger partial charge in [0, 0.05) is 18.7 Å². The summed E-state index contributed by atoms with van der Waals surface area (Å²) < 4.78 is 15.7. The number of benzene rings is 1. The molecule has 0 aliphatic carbocycles. The predicted molar refractivity (Wildman–Crippen MR) is 58.9 cm³/mol. The summed E-state index contributed by atoms with van der Waals surface area (Å²) in [6.45, 7) is 0.691. The largest absolute Gasteiger partial charge is 0.496 e. The molecule has 1 aromatic carbocycles. The summed E-state index contributed by atoms with van der Waals surface area (Å²) in [6, 6.07) is 3.68. The average molecular weight is 211 g/mol. The first-order valence-corrected chi connectivity index (χ1v) is 4.70. The van der Waals surface area contributed by atoms with Crippen molar-refractivity contribution < 1.29 is 14.2 Å². The van der Waals surface area contributed by atoms with Gasteiger partial charge in [-0.25, -0.2) is 0 Å². The molecule has 0 heterocycles. The Morgan fingerprint density at radius 3 is 1.87 bits per heavy atom. The van der Waals surface area contributed by atoms with E-state index in [1.165, 1.54) is 0 Å². The minimum atomic E-state index is 0.691. The molecule has 0 aliphatic rings. The number of nitrogens with one attached hydrogen (secondary N) is 1. The van der Waals surface area contributed by atoms with Crippen LogP contribution in [-0.4, -0.2) is 28.4 Å². The summed E-state index contributed by atoms with van der Waals surface area (Å²) in [5.74, 6) is 2.25. The molecule has 84 valence electrons. The molecule has 4 heteroatoms. The third kappa shape index (κ3) is 2.53. The lowest BCUT2D eigenvalue weighted by molar-refractivity contribution is 0.367. The predicted octanol–water partition coefficient (Wildman–Crippen LogP) is 1.43. The van der Waals surface area contributed by atoms with Gasteiger partial charge in [0.15, 0.2) is 0 Å². The molecule has 0 amide bonds. The van der Waals surface area contributed by atoms with Crippen molar-refractivity contribution in [2.75, 3.05) is 28.4 Å². The topological polar surface area (TPSA) is 39.7 Å². The molecule has 0 saturated heterocycles. The van der Waals surface area contributed by atoms with Crippen molar-refractivity contribution in [2.45, 2.75) is 6.54 Å². The van der Waals surface area contributed by atoms with Gasteiger partial charge in [0.2, 0.25) is 0 Å². The molecule has 0 atom stereocenters. The first kappa shape index (κ1) is 11.7. The summed E-state index contributed by atoms with van der Waals surface area (Å²) in [5.41, 5.74) is 0.989. The van der Waals surface area contributed by atoms with E-state index in [9.17, 15) is 0 Å². The summed E-state index contributed by atoms with van der Waals surface area (Å²) in [7, 11) is 6.76. The van der Waals surface area contributed by atoms with E-state index >= 15 is 0 Å². The normalized spacial score (nSPS) is 9.87. The zero-order valence-corrected chi connectivity index (χ0v) is 9.59. The Morgan fingerprint density at radius 2 is 1.53 bits per heavy atom. The Bertz CT molecular complexity index is 301. The van der Waals surface area contributed by atoms with Crippen molar-refractivity contribution in [3.05, 3.63) is 17.7 Å². The molecule has 4 nitrogen and oxygen atoms in total. The first-order chi connectivity index (χ1) is 7.26. The molecule has 1 aromatic rings. The van der Waals surface area contributed by atoms with E-state index < -0.39 is 0 Å². The molecule has 1 rings (SSSR count). The van der Waals surface area contributed by atoms with E-state index in [1.54, 1.807) is 21.3 Å². The van der Waals surface area contributed by atoms with Crippen molar-refractivity contribution in [2.24, 2.45) is 0 Å². The molecule has 0 aromatic heterocycles. The van der Waals surface area contributed by atoms with Gasteiger partial charge >= 0.3 is 0 Å². The van der Waals surface area contributed by atoms with E-state index in [-0.39, 0.29) is 0 Å². The number of methoxy groups -OCH3 is 3. The quantitative estimate of drug-likeness (QED) is 0.799. The Kier molecular flexibility index (Phi) is 4.24. The second kappa shape index (κ2) is 5.46. The number of rotatable bonds is 5. The lowest BCUT2D eigenvalue weighted by Gasteiger charge is -2.14. The number of hydrogen-bond acceptors (Lipinski definition) is 4. The third-order valence-corrected chi connectivity index (χ3v) is 2.17. The lowest BCUT2D eigenvalue weighted by atomic mass is 10.1. The fourth-order valence-electron chi connectivity index (χ4n) is 1.43. The molecule has 0 saturated carbocycles. The van der Waals surface area contributed by atoms with E-state index in [2.05, 4.69) is 5.32 Å². The molecule has 0 aliphatic heterocycles. The summed E-state index contributed by atoms with van der Waals surface area (Å²) in [4.78, 5) is 0. The van der Waals surface area contributed by atoms with Crippen LogP contribution in [0.15, 0.2) is 12.1 Å². The molecular weight excluding hydrogens is 194 g/mol. The van der Waals surface area contributed by atoms with Gasteiger partial charge in [-0.3, -0.25) is 0 Å². The van der Waals surface area contributed by atoms with E-state index in [0.717, 1.165) is 22.8 Å². The van der Waals surface area contributed by atoms with Gasteiger partial charge in [0.25, 0.3) is 0 Å². The minimum absolute atomic E-state index is 0.691. The molecular formula is C11H17NO3. The van der Waals surface area contributed by atoms with Crippen molar-refractivity contribution in [3.63, 3.8) is 0 Å². The molecule has 0 fully saturated rings. The average Bonchev–Trinajstić information content (AvgIpc) is 2.29. The maximum Gasteiger partial charge on any atom is 0.130 e. The second-order valence-electron chi connectivity index (χ2n) is 3.04. The van der Waals surface area contributed by atoms with Gasteiger partial charge in [-0.2, -0.15) is 0 Å². The maximum absolute atomic E-state index is 5.28. The van der Waals surface area contributed by atoms with Crippen LogP contribution in [0, 0.1) is 0 Å². The number of hydrogen-bond donors (Lipinski definition) is 1. The van der Waals surface area contributed by atoms with Gasteiger partial charge in [-0.05, 0) is 7.05 Å². The standard InChI is InChI=1S/C11H17NO3/c1-12-7-9-10(14-3)5-8(13-2)6-11(9)15-4/h5-6,12H,7H2,1-4H3. The van der Waals surface area contributed by atoms with Crippen LogP contribution in [0.1, 0.15) is 5.56 Å². The number of ether oxygens (including phenoxy) is 3. The highest BCUT2D eigenvalue weighted by Gasteiger charge is 2.11. The van der Waals surface area contributed by atoms with Crippen molar-refractivity contribution >= 4 is 0 Å². The van der Waals surface area contributed by atoms with E-state index in [0.29, 0.717) is 6.54 Å². The van der Waals surface area contributed by atoms with Gasteiger partial charge in [0.1, 0.15) is 17.2 Å². The Balaban J connectivity index is 3.19. The highest BCUT2D eigenvalue weighted by Crippen LogP contribution is 2.33. The summed E-state index contributed by atoms with van der Waals surface area (Å²) in [6.07, 6.45) is 0. The maximum atomic E-state index is 5.28. The molecule has 0 bridgehead atoms. The zero-order chi connectivity index (χ0) is 11.3. The smallest absolute Gasteiger partial charge is 0.130 e. The van der Waals surface area contributed by atoms with Gasteiger partial charge in [-0.1, -0.05) is 0 Å². The summed E-state index contributed by atoms with van der Waals surface area (Å²) >= 11 is 0. The van der Waals surface area contributed by atoms with Crippen LogP contribution < -0.4 is 19.5 Å². The van der Waals surface area contributed by atoms with Crippen LogP contribution in [0.5, 0.6) is 17.2 Å². The first-order valence-electron chi connectivity index (χ1n) is 4.70. The second-order valence-corrected chi connectivity index (χ2v) is 3.04. The SMILES string of the molecule is CNCc1c(OC)cc(OC)cc1OC. The van der Waals surface area contributed by atoms with Crippen LogP contribution in [0.25, 0.3) is 0 Å². The molecule has 1 N–H and O–H groups in total. The highest BCUT2D eigenvalue weighted by atomic mass is 16.5. The molecule has 0 spiro atoms. The van der Waals surface area contributed by atoms with E-state index in [4.69, 9.17) is 14.2 Å². The fourth-order valence-corrected chi connectivity index (χ4v) is 1.43. The fraction of sp³-hybridized carbons (Fsp3) is 0.455. The highest BCUT2D eigenvalue weighted by molar-refractivity contribution is 5.50. The zero-order valence-electron chi connectivity index (χ0n) is 9.59.